The molecule has 1 aliphatic rings. The number of hydrogen-bond acceptors (Lipinski definition) is 2. The first-order valence-electron chi connectivity index (χ1n) is 6.42. The van der Waals surface area contributed by atoms with Crippen LogP contribution in [0.2, 0.25) is 0 Å². The molecule has 1 fully saturated rings. The van der Waals surface area contributed by atoms with Crippen LogP contribution in [0.4, 0.5) is 0 Å². The molecule has 1 aromatic rings. The molecule has 0 bridgehead atoms. The third kappa shape index (κ3) is 2.85. The highest BCUT2D eigenvalue weighted by Gasteiger charge is 2.17. The highest BCUT2D eigenvalue weighted by molar-refractivity contribution is 4.95. The van der Waals surface area contributed by atoms with Gasteiger partial charge in [-0.3, -0.25) is 0 Å². The van der Waals surface area contributed by atoms with Gasteiger partial charge in [-0.15, -0.1) is 0 Å². The second-order valence-electron chi connectivity index (χ2n) is 4.99. The van der Waals surface area contributed by atoms with Crippen molar-refractivity contribution >= 4 is 0 Å². The van der Waals surface area contributed by atoms with Crippen molar-refractivity contribution in [3.63, 3.8) is 0 Å². The number of imidazole rings is 1. The van der Waals surface area contributed by atoms with Crippen molar-refractivity contribution in [1.29, 1.82) is 0 Å². The fourth-order valence-electron chi connectivity index (χ4n) is 2.70. The molecule has 1 unspecified atom stereocenters. The Hall–Kier alpha value is -0.830. The van der Waals surface area contributed by atoms with E-state index in [-0.39, 0.29) is 6.10 Å². The van der Waals surface area contributed by atoms with Crippen LogP contribution in [-0.4, -0.2) is 14.7 Å². The smallest absolute Gasteiger partial charge is 0.137 e. The SMILES string of the molecule is Cn1ccnc1C(O)CCC1CCCCC1. The molecule has 1 aromatic heterocycles. The quantitative estimate of drug-likeness (QED) is 0.850. The van der Waals surface area contributed by atoms with Crippen LogP contribution in [-0.2, 0) is 7.05 Å². The van der Waals surface area contributed by atoms with Crippen LogP contribution in [0.25, 0.3) is 0 Å². The molecule has 1 atom stereocenters. The Kier molecular flexibility index (Phi) is 3.99. The van der Waals surface area contributed by atoms with Crippen molar-refractivity contribution in [1.82, 2.24) is 9.55 Å². The van der Waals surface area contributed by atoms with Gasteiger partial charge in [0, 0.05) is 19.4 Å². The van der Waals surface area contributed by atoms with E-state index in [1.807, 2.05) is 17.8 Å². The summed E-state index contributed by atoms with van der Waals surface area (Å²) in [5.41, 5.74) is 0. The number of aryl methyl sites for hydroxylation is 1. The van der Waals surface area contributed by atoms with Crippen LogP contribution >= 0.6 is 0 Å². The predicted octanol–water partition coefficient (Wildman–Crippen LogP) is 2.81. The summed E-state index contributed by atoms with van der Waals surface area (Å²) in [5, 5.41) is 10.0. The molecule has 0 radical (unpaired) electrons. The normalized spacial score (nSPS) is 19.9. The third-order valence-electron chi connectivity index (χ3n) is 3.73. The van der Waals surface area contributed by atoms with Crippen molar-refractivity contribution in [2.24, 2.45) is 13.0 Å². The standard InChI is InChI=1S/C13H22N2O/c1-15-10-9-14-13(15)12(16)8-7-11-5-3-2-4-6-11/h9-12,16H,2-8H2,1H3. The minimum absolute atomic E-state index is 0.387. The van der Waals surface area contributed by atoms with Gasteiger partial charge in [0.2, 0.25) is 0 Å². The highest BCUT2D eigenvalue weighted by atomic mass is 16.3. The van der Waals surface area contributed by atoms with Gasteiger partial charge in [-0.05, 0) is 18.8 Å². The van der Waals surface area contributed by atoms with Gasteiger partial charge in [0.15, 0.2) is 0 Å². The lowest BCUT2D eigenvalue weighted by molar-refractivity contribution is 0.139. The van der Waals surface area contributed by atoms with E-state index in [1.54, 1.807) is 6.20 Å². The molecule has 90 valence electrons. The number of nitrogens with zero attached hydrogens (tertiary/aromatic N) is 2. The molecule has 16 heavy (non-hydrogen) atoms. The Labute approximate surface area is 97.5 Å². The Balaban J connectivity index is 1.79. The zero-order valence-corrected chi connectivity index (χ0v) is 10.1. The van der Waals surface area contributed by atoms with E-state index in [9.17, 15) is 5.11 Å². The Morgan fingerprint density at radius 1 is 1.44 bits per heavy atom. The summed E-state index contributed by atoms with van der Waals surface area (Å²) in [6.45, 7) is 0. The molecule has 1 heterocycles. The van der Waals surface area contributed by atoms with Crippen molar-refractivity contribution < 1.29 is 5.11 Å². The Morgan fingerprint density at radius 2 is 2.19 bits per heavy atom. The van der Waals surface area contributed by atoms with Gasteiger partial charge in [-0.25, -0.2) is 4.98 Å². The van der Waals surface area contributed by atoms with Crippen LogP contribution in [0, 0.1) is 5.92 Å². The molecular weight excluding hydrogens is 200 g/mol. The maximum absolute atomic E-state index is 10.0. The van der Waals surface area contributed by atoms with E-state index in [0.29, 0.717) is 0 Å². The minimum atomic E-state index is -0.387. The summed E-state index contributed by atoms with van der Waals surface area (Å²) in [6, 6.07) is 0. The molecule has 0 saturated heterocycles. The number of aliphatic hydroxyl groups excluding tert-OH is 1. The molecule has 1 aliphatic carbocycles. The minimum Gasteiger partial charge on any atom is -0.385 e. The molecule has 0 spiro atoms. The van der Waals surface area contributed by atoms with Crippen LogP contribution in [0.15, 0.2) is 12.4 Å². The van der Waals surface area contributed by atoms with E-state index < -0.39 is 0 Å². The van der Waals surface area contributed by atoms with Gasteiger partial charge < -0.3 is 9.67 Å². The topological polar surface area (TPSA) is 38.0 Å². The summed E-state index contributed by atoms with van der Waals surface area (Å²) >= 11 is 0. The first kappa shape index (κ1) is 11.6. The summed E-state index contributed by atoms with van der Waals surface area (Å²) in [7, 11) is 1.94. The maximum atomic E-state index is 10.0. The number of aliphatic hydroxyl groups is 1. The summed E-state index contributed by atoms with van der Waals surface area (Å²) in [4.78, 5) is 4.19. The van der Waals surface area contributed by atoms with E-state index in [4.69, 9.17) is 0 Å². The van der Waals surface area contributed by atoms with Gasteiger partial charge in [0.25, 0.3) is 0 Å². The lowest BCUT2D eigenvalue weighted by atomic mass is 9.85. The Bertz CT molecular complexity index is 315. The van der Waals surface area contributed by atoms with Crippen LogP contribution in [0.1, 0.15) is 56.9 Å². The van der Waals surface area contributed by atoms with Gasteiger partial charge >= 0.3 is 0 Å². The lowest BCUT2D eigenvalue weighted by Gasteiger charge is -2.22. The fraction of sp³-hybridized carbons (Fsp3) is 0.769. The van der Waals surface area contributed by atoms with Crippen molar-refractivity contribution in [2.45, 2.75) is 51.0 Å². The second kappa shape index (κ2) is 5.48. The van der Waals surface area contributed by atoms with E-state index in [1.165, 1.54) is 32.1 Å². The summed E-state index contributed by atoms with van der Waals surface area (Å²) in [6.07, 6.45) is 12.1. The zero-order valence-electron chi connectivity index (χ0n) is 10.1. The first-order valence-corrected chi connectivity index (χ1v) is 6.42. The van der Waals surface area contributed by atoms with Crippen molar-refractivity contribution in [3.8, 4) is 0 Å². The van der Waals surface area contributed by atoms with Crippen LogP contribution < -0.4 is 0 Å². The first-order chi connectivity index (χ1) is 7.77. The lowest BCUT2D eigenvalue weighted by Crippen LogP contribution is -2.10. The number of aromatic nitrogens is 2. The monoisotopic (exact) mass is 222 g/mol. The van der Waals surface area contributed by atoms with E-state index in [0.717, 1.165) is 24.6 Å². The Morgan fingerprint density at radius 3 is 2.81 bits per heavy atom. The van der Waals surface area contributed by atoms with Crippen molar-refractivity contribution in [2.75, 3.05) is 0 Å². The molecule has 1 saturated carbocycles. The van der Waals surface area contributed by atoms with Crippen LogP contribution in [0.3, 0.4) is 0 Å². The van der Waals surface area contributed by atoms with Gasteiger partial charge in [0.05, 0.1) is 0 Å². The third-order valence-corrected chi connectivity index (χ3v) is 3.73. The maximum Gasteiger partial charge on any atom is 0.137 e. The molecule has 0 aromatic carbocycles. The molecular formula is C13H22N2O. The van der Waals surface area contributed by atoms with E-state index >= 15 is 0 Å². The second-order valence-corrected chi connectivity index (χ2v) is 4.99. The average Bonchev–Trinajstić information content (AvgIpc) is 2.74. The van der Waals surface area contributed by atoms with Gasteiger partial charge in [-0.2, -0.15) is 0 Å². The fourth-order valence-corrected chi connectivity index (χ4v) is 2.70. The van der Waals surface area contributed by atoms with E-state index in [2.05, 4.69) is 4.98 Å². The summed E-state index contributed by atoms with van der Waals surface area (Å²) in [5.74, 6) is 1.64. The van der Waals surface area contributed by atoms with Gasteiger partial charge in [0.1, 0.15) is 11.9 Å². The molecule has 3 heteroatoms. The zero-order chi connectivity index (χ0) is 11.4. The number of hydrogen-bond donors (Lipinski definition) is 1. The largest absolute Gasteiger partial charge is 0.385 e. The number of rotatable bonds is 4. The molecule has 0 aliphatic heterocycles. The highest BCUT2D eigenvalue weighted by Crippen LogP contribution is 2.29. The molecule has 1 N–H and O–H groups in total. The molecule has 0 amide bonds. The summed E-state index contributed by atoms with van der Waals surface area (Å²) < 4.78 is 1.91. The van der Waals surface area contributed by atoms with Gasteiger partial charge in [-0.1, -0.05) is 32.1 Å². The average molecular weight is 222 g/mol. The molecule has 3 nitrogen and oxygen atoms in total. The predicted molar refractivity (Wildman–Crippen MR) is 64.0 cm³/mol. The molecule has 2 rings (SSSR count). The van der Waals surface area contributed by atoms with Crippen molar-refractivity contribution in [3.05, 3.63) is 18.2 Å². The van der Waals surface area contributed by atoms with Crippen LogP contribution in [0.5, 0.6) is 0 Å².